The van der Waals surface area contributed by atoms with Crippen LogP contribution in [0, 0.1) is 0 Å². The molecule has 0 saturated heterocycles. The van der Waals surface area contributed by atoms with Gasteiger partial charge in [0.05, 0.1) is 6.61 Å². The third-order valence-electron chi connectivity index (χ3n) is 4.36. The number of halogens is 1. The van der Waals surface area contributed by atoms with Gasteiger partial charge < -0.3 is 12.9 Å². The number of rotatable bonds is 9. The fourth-order valence-corrected chi connectivity index (χ4v) is 3.33. The summed E-state index contributed by atoms with van der Waals surface area (Å²) in [5.74, 6) is 0.853. The molecule has 1 N–H and O–H groups in total. The van der Waals surface area contributed by atoms with E-state index in [-0.39, 0.29) is 6.61 Å². The fraction of sp³-hybridized carbons (Fsp3) is 0.217. The molecule has 0 aromatic heterocycles. The minimum absolute atomic E-state index is 0.226. The number of hydrogen-bond acceptors (Lipinski definition) is 3. The highest BCUT2D eigenvalue weighted by atomic mass is 127. The van der Waals surface area contributed by atoms with E-state index >= 15 is 0 Å². The van der Waals surface area contributed by atoms with Crippen LogP contribution in [0.2, 0.25) is 0 Å². The van der Waals surface area contributed by atoms with Crippen molar-refractivity contribution in [2.45, 2.75) is 26.1 Å². The summed E-state index contributed by atoms with van der Waals surface area (Å²) in [4.78, 5) is 0. The lowest BCUT2D eigenvalue weighted by atomic mass is 10.0. The predicted octanol–water partition coefficient (Wildman–Crippen LogP) is 5.72. The van der Waals surface area contributed by atoms with Gasteiger partial charge in [-0.2, -0.15) is 0 Å². The van der Waals surface area contributed by atoms with Crippen molar-refractivity contribution in [2.24, 2.45) is 0 Å². The van der Waals surface area contributed by atoms with Crippen molar-refractivity contribution >= 4 is 23.0 Å². The Bertz CT molecular complexity index is 846. The molecule has 4 heteroatoms. The minimum Gasteiger partial charge on any atom is -0.489 e. The Kier molecular flexibility index (Phi) is 7.68. The Hall–Kier alpha value is -1.89. The van der Waals surface area contributed by atoms with E-state index in [0.717, 1.165) is 35.3 Å². The number of hydrogen-bond donors (Lipinski definition) is 1. The van der Waals surface area contributed by atoms with E-state index in [9.17, 15) is 0 Å². The van der Waals surface area contributed by atoms with Gasteiger partial charge in [-0.05, 0) is 52.8 Å². The summed E-state index contributed by atoms with van der Waals surface area (Å²) in [7, 11) is 0. The van der Waals surface area contributed by atoms with E-state index in [0.29, 0.717) is 13.2 Å². The lowest BCUT2D eigenvalue weighted by Crippen LogP contribution is -1.96. The van der Waals surface area contributed by atoms with Crippen molar-refractivity contribution in [1.82, 2.24) is 0 Å². The van der Waals surface area contributed by atoms with Gasteiger partial charge in [-0.3, -0.25) is 0 Å². The van der Waals surface area contributed by atoms with Crippen LogP contribution in [0.25, 0.3) is 11.1 Å². The van der Waals surface area contributed by atoms with Crippen LogP contribution in [-0.4, -0.2) is 11.7 Å². The van der Waals surface area contributed by atoms with Crippen molar-refractivity contribution < 1.29 is 12.9 Å². The summed E-state index contributed by atoms with van der Waals surface area (Å²) in [6.07, 6.45) is 1.69. The molecule has 0 bridgehead atoms. The monoisotopic (exact) mass is 474 g/mol. The van der Waals surface area contributed by atoms with E-state index < -0.39 is 0 Å². The molecular weight excluding hydrogens is 451 g/mol. The number of aliphatic hydroxyl groups is 1. The summed E-state index contributed by atoms with van der Waals surface area (Å²) in [6, 6.07) is 24.9. The average molecular weight is 474 g/mol. The van der Waals surface area contributed by atoms with Crippen LogP contribution in [0.4, 0.5) is 0 Å². The van der Waals surface area contributed by atoms with Crippen molar-refractivity contribution in [3.8, 4) is 16.9 Å². The summed E-state index contributed by atoms with van der Waals surface area (Å²) < 4.78 is 11.1. The topological polar surface area (TPSA) is 38.7 Å². The molecule has 0 radical (unpaired) electrons. The van der Waals surface area contributed by atoms with Gasteiger partial charge in [0.15, 0.2) is 0 Å². The highest BCUT2D eigenvalue weighted by molar-refractivity contribution is 14.1. The summed E-state index contributed by atoms with van der Waals surface area (Å²) >= 11 is 1.91. The standard InChI is InChI=1S/C23H23IO3/c24-27-17-20-6-1-5-19(14-20)16-26-23-11-9-21(10-12-23)22-8-2-4-18(15-22)7-3-13-25/h1-2,4-6,8-12,14-15,25H,3,7,13,16-17H2. The van der Waals surface area contributed by atoms with Gasteiger partial charge in [-0.1, -0.05) is 60.7 Å². The zero-order valence-electron chi connectivity index (χ0n) is 15.1. The van der Waals surface area contributed by atoms with Crippen LogP contribution >= 0.6 is 23.0 Å². The molecular formula is C23H23IO3. The van der Waals surface area contributed by atoms with Gasteiger partial charge in [0.25, 0.3) is 0 Å². The first-order valence-electron chi connectivity index (χ1n) is 9.03. The molecule has 27 heavy (non-hydrogen) atoms. The van der Waals surface area contributed by atoms with E-state index in [1.807, 2.05) is 47.3 Å². The van der Waals surface area contributed by atoms with Gasteiger partial charge in [0.2, 0.25) is 0 Å². The van der Waals surface area contributed by atoms with Crippen molar-refractivity contribution in [3.05, 3.63) is 89.5 Å². The molecule has 140 valence electrons. The molecule has 0 amide bonds. The number of ether oxygens (including phenoxy) is 1. The maximum absolute atomic E-state index is 9.00. The predicted molar refractivity (Wildman–Crippen MR) is 117 cm³/mol. The highest BCUT2D eigenvalue weighted by Gasteiger charge is 2.02. The van der Waals surface area contributed by atoms with Gasteiger partial charge in [0, 0.05) is 6.61 Å². The second kappa shape index (κ2) is 10.4. The molecule has 3 aromatic rings. The number of aliphatic hydroxyl groups excluding tert-OH is 1. The van der Waals surface area contributed by atoms with Crippen molar-refractivity contribution in [1.29, 1.82) is 0 Å². The Morgan fingerprint density at radius 2 is 1.44 bits per heavy atom. The molecule has 3 aromatic carbocycles. The van der Waals surface area contributed by atoms with Crippen LogP contribution in [0.1, 0.15) is 23.1 Å². The number of benzene rings is 3. The summed E-state index contributed by atoms with van der Waals surface area (Å²) in [6.45, 7) is 1.36. The van der Waals surface area contributed by atoms with Crippen LogP contribution < -0.4 is 4.74 Å². The maximum atomic E-state index is 9.00. The van der Waals surface area contributed by atoms with Gasteiger partial charge in [-0.25, -0.2) is 0 Å². The van der Waals surface area contributed by atoms with Gasteiger partial charge in [0.1, 0.15) is 35.4 Å². The third kappa shape index (κ3) is 6.06. The van der Waals surface area contributed by atoms with Crippen LogP contribution in [0.3, 0.4) is 0 Å². The Balaban J connectivity index is 1.63. The second-order valence-electron chi connectivity index (χ2n) is 6.41. The first-order chi connectivity index (χ1) is 13.3. The quantitative estimate of drug-likeness (QED) is 0.403. The maximum Gasteiger partial charge on any atom is 0.119 e. The molecule has 0 heterocycles. The zero-order valence-corrected chi connectivity index (χ0v) is 17.3. The van der Waals surface area contributed by atoms with Crippen LogP contribution in [0.5, 0.6) is 5.75 Å². The van der Waals surface area contributed by atoms with Crippen LogP contribution in [-0.2, 0) is 22.7 Å². The first kappa shape index (κ1) is 19.9. The first-order valence-corrected chi connectivity index (χ1v) is 9.91. The lowest BCUT2D eigenvalue weighted by Gasteiger charge is -2.09. The largest absolute Gasteiger partial charge is 0.489 e. The van der Waals surface area contributed by atoms with E-state index in [1.54, 1.807) is 0 Å². The molecule has 0 aliphatic rings. The van der Waals surface area contributed by atoms with Gasteiger partial charge >= 0.3 is 0 Å². The smallest absolute Gasteiger partial charge is 0.119 e. The number of aryl methyl sites for hydroxylation is 1. The second-order valence-corrected chi connectivity index (χ2v) is 7.04. The summed E-state index contributed by atoms with van der Waals surface area (Å²) in [5.41, 5.74) is 5.86. The van der Waals surface area contributed by atoms with Crippen LogP contribution in [0.15, 0.2) is 72.8 Å². The minimum atomic E-state index is 0.226. The van der Waals surface area contributed by atoms with E-state index in [1.165, 1.54) is 11.1 Å². The van der Waals surface area contributed by atoms with Crippen molar-refractivity contribution in [2.75, 3.05) is 6.61 Å². The van der Waals surface area contributed by atoms with E-state index in [2.05, 4.69) is 48.5 Å². The van der Waals surface area contributed by atoms with Crippen molar-refractivity contribution in [3.63, 3.8) is 0 Å². The average Bonchev–Trinajstić information content (AvgIpc) is 2.72. The third-order valence-corrected chi connectivity index (χ3v) is 4.67. The molecule has 0 saturated carbocycles. The Morgan fingerprint density at radius 3 is 2.19 bits per heavy atom. The highest BCUT2D eigenvalue weighted by Crippen LogP contribution is 2.24. The molecule has 0 aliphatic carbocycles. The lowest BCUT2D eigenvalue weighted by molar-refractivity contribution is 0.288. The molecule has 0 fully saturated rings. The molecule has 0 atom stereocenters. The van der Waals surface area contributed by atoms with E-state index in [4.69, 9.17) is 12.9 Å². The molecule has 0 spiro atoms. The normalized spacial score (nSPS) is 10.7. The summed E-state index contributed by atoms with van der Waals surface area (Å²) in [5, 5.41) is 9.00. The molecule has 0 unspecified atom stereocenters. The molecule has 3 nitrogen and oxygen atoms in total. The fourth-order valence-electron chi connectivity index (χ4n) is 2.97. The zero-order chi connectivity index (χ0) is 18.9. The SMILES string of the molecule is OCCCc1cccc(-c2ccc(OCc3cccc(COI)c3)cc2)c1. The molecule has 3 rings (SSSR count). The molecule has 0 aliphatic heterocycles. The Labute approximate surface area is 174 Å². The Morgan fingerprint density at radius 1 is 0.741 bits per heavy atom. The van der Waals surface area contributed by atoms with Gasteiger partial charge in [-0.15, -0.1) is 0 Å².